The van der Waals surface area contributed by atoms with Gasteiger partial charge in [-0.3, -0.25) is 14.1 Å². The number of epoxide rings is 1. The van der Waals surface area contributed by atoms with Gasteiger partial charge >= 0.3 is 71.1 Å². The van der Waals surface area contributed by atoms with E-state index in [4.69, 9.17) is 9.47 Å². The maximum Gasteiger partial charge on any atom is 1.00 e. The minimum absolute atomic E-state index is 0. The molecule has 0 aromatic carbocycles. The van der Waals surface area contributed by atoms with Crippen LogP contribution in [0.1, 0.15) is 88.3 Å². The van der Waals surface area contributed by atoms with Crippen molar-refractivity contribution < 1.29 is 98.7 Å². The molecule has 8 nitrogen and oxygen atoms in total. The molecule has 1 heterocycles. The molecule has 0 amide bonds. The summed E-state index contributed by atoms with van der Waals surface area (Å²) in [4.78, 5) is 24.2. The molecule has 1 aliphatic heterocycles. The van der Waals surface area contributed by atoms with Crippen molar-refractivity contribution in [1.82, 2.24) is 0 Å². The third kappa shape index (κ3) is 21.8. The molecule has 1 aliphatic rings. The Kier molecular flexibility index (Phi) is 27.0. The molecule has 0 saturated carbocycles. The number of carbonyl (C=O) groups is 2. The largest absolute Gasteiger partial charge is 1.00 e. The summed E-state index contributed by atoms with van der Waals surface area (Å²) in [5, 5.41) is -1.95. The fraction of sp³-hybridized carbons (Fsp3) is 0.909. The predicted octanol–water partition coefficient (Wildman–Crippen LogP) is -1.60. The van der Waals surface area contributed by atoms with Crippen molar-refractivity contribution in [1.29, 1.82) is 0 Å². The van der Waals surface area contributed by atoms with Crippen molar-refractivity contribution in [3.63, 3.8) is 0 Å². The Bertz CT molecular complexity index is 608. The van der Waals surface area contributed by atoms with Crippen molar-refractivity contribution >= 4 is 22.1 Å². The van der Waals surface area contributed by atoms with Gasteiger partial charge in [0.05, 0.1) is 32.8 Å². The molecular formula is C22H44Na2O8S. The first kappa shape index (κ1) is 38.3. The van der Waals surface area contributed by atoms with E-state index in [0.29, 0.717) is 0 Å². The summed E-state index contributed by atoms with van der Waals surface area (Å²) >= 11 is 0. The fourth-order valence-electron chi connectivity index (χ4n) is 2.82. The third-order valence-corrected chi connectivity index (χ3v) is 6.28. The van der Waals surface area contributed by atoms with Gasteiger partial charge in [-0.25, -0.2) is 0 Å². The van der Waals surface area contributed by atoms with Crippen molar-refractivity contribution in [3.05, 3.63) is 0 Å². The van der Waals surface area contributed by atoms with Crippen LogP contribution in [0.2, 0.25) is 0 Å². The summed E-state index contributed by atoms with van der Waals surface area (Å²) in [5.74, 6) is -1.61. The topological polar surface area (TPSA) is 119 Å². The van der Waals surface area contributed by atoms with Gasteiger partial charge < -0.3 is 17.1 Å². The van der Waals surface area contributed by atoms with Gasteiger partial charge in [0, 0.05) is 0 Å². The van der Waals surface area contributed by atoms with Gasteiger partial charge in [0.25, 0.3) is 10.1 Å². The first-order valence-corrected chi connectivity index (χ1v) is 13.1. The van der Waals surface area contributed by atoms with E-state index in [1.54, 1.807) is 0 Å². The van der Waals surface area contributed by atoms with E-state index >= 15 is 0 Å². The summed E-state index contributed by atoms with van der Waals surface area (Å²) in [7, 11) is -4.76. The predicted molar refractivity (Wildman–Crippen MR) is 122 cm³/mol. The Labute approximate surface area is 247 Å². The second kappa shape index (κ2) is 23.2. The number of hydrogen-bond acceptors (Lipinski definition) is 7. The second-order valence-electron chi connectivity index (χ2n) is 7.97. The van der Waals surface area contributed by atoms with Crippen LogP contribution >= 0.6 is 0 Å². The van der Waals surface area contributed by atoms with Gasteiger partial charge in [-0.1, -0.05) is 66.2 Å². The third-order valence-electron chi connectivity index (χ3n) is 5.21. The van der Waals surface area contributed by atoms with Crippen LogP contribution in [0.3, 0.4) is 0 Å². The molecule has 1 saturated heterocycles. The molecule has 188 valence electrons. The van der Waals surface area contributed by atoms with Crippen molar-refractivity contribution in [3.8, 4) is 0 Å². The Morgan fingerprint density at radius 1 is 0.909 bits per heavy atom. The molecule has 0 aromatic rings. The first-order chi connectivity index (χ1) is 14.7. The van der Waals surface area contributed by atoms with Gasteiger partial charge in [-0.2, -0.15) is 8.42 Å². The molecule has 3 atom stereocenters. The van der Waals surface area contributed by atoms with E-state index in [0.717, 1.165) is 64.6 Å². The zero-order chi connectivity index (χ0) is 23.7. The molecule has 1 rings (SSSR count). The van der Waals surface area contributed by atoms with Gasteiger partial charge in [0.15, 0.2) is 5.25 Å². The van der Waals surface area contributed by atoms with E-state index in [1.807, 2.05) is 13.8 Å². The van der Waals surface area contributed by atoms with Crippen LogP contribution in [0, 0.1) is 11.8 Å². The van der Waals surface area contributed by atoms with Crippen LogP contribution in [-0.2, 0) is 33.9 Å². The Balaban J connectivity index is -0.000000395. The van der Waals surface area contributed by atoms with Crippen molar-refractivity contribution in [2.75, 3.05) is 26.4 Å². The van der Waals surface area contributed by atoms with Crippen LogP contribution in [-0.4, -0.2) is 56.6 Å². The maximum atomic E-state index is 12.2. The van der Waals surface area contributed by atoms with Gasteiger partial charge in [-0.15, -0.1) is 0 Å². The summed E-state index contributed by atoms with van der Waals surface area (Å²) in [5.41, 5.74) is 0. The Hall–Kier alpha value is 0.810. The van der Waals surface area contributed by atoms with Gasteiger partial charge in [0.2, 0.25) is 0 Å². The van der Waals surface area contributed by atoms with Crippen LogP contribution < -0.4 is 59.1 Å². The molecule has 0 aliphatic carbocycles. The summed E-state index contributed by atoms with van der Waals surface area (Å²) in [6, 6.07) is 0. The average Bonchev–Trinajstić information content (AvgIpc) is 3.60. The van der Waals surface area contributed by atoms with Crippen LogP contribution in [0.4, 0.5) is 0 Å². The van der Waals surface area contributed by atoms with Gasteiger partial charge in [-0.05, 0) is 24.7 Å². The SMILES string of the molecule is C1CO1.CCCCC(CC)COC(=O)CC(C(=O)OCC(CC)CCCC)S(=O)(=O)O.[H-].[H-].[Na+].[Na+]. The molecule has 0 aromatic heterocycles. The van der Waals surface area contributed by atoms with Crippen LogP contribution in [0.5, 0.6) is 0 Å². The molecule has 0 radical (unpaired) electrons. The van der Waals surface area contributed by atoms with Gasteiger partial charge in [0.1, 0.15) is 0 Å². The first-order valence-electron chi connectivity index (χ1n) is 11.6. The smallest absolute Gasteiger partial charge is 1.00 e. The quantitative estimate of drug-likeness (QED) is 0.113. The standard InChI is InChI=1S/C20H38O7S.C2H4O.2Na.2H/c1-5-9-11-16(7-3)14-26-19(21)13-18(28(23,24)25)20(22)27-15-17(8-4)12-10-6-2;1-2-3-1;;;;/h16-18H,5-15H2,1-4H3,(H,23,24,25);1-2H2;;;;/q;;2*+1;2*-1. The summed E-state index contributed by atoms with van der Waals surface area (Å²) in [6.45, 7) is 10.4. The zero-order valence-corrected chi connectivity index (χ0v) is 26.5. The van der Waals surface area contributed by atoms with Crippen molar-refractivity contribution in [2.45, 2.75) is 90.7 Å². The molecule has 0 spiro atoms. The van der Waals surface area contributed by atoms with E-state index in [1.165, 1.54) is 0 Å². The average molecular weight is 515 g/mol. The number of rotatable bonds is 16. The second-order valence-corrected chi connectivity index (χ2v) is 9.57. The number of esters is 2. The number of unbranched alkanes of at least 4 members (excludes halogenated alkanes) is 2. The zero-order valence-electron chi connectivity index (χ0n) is 23.6. The van der Waals surface area contributed by atoms with E-state index in [-0.39, 0.29) is 87.0 Å². The molecule has 0 bridgehead atoms. The fourth-order valence-corrected chi connectivity index (χ4v) is 3.48. The molecular weight excluding hydrogens is 470 g/mol. The molecule has 1 N–H and O–H groups in total. The summed E-state index contributed by atoms with van der Waals surface area (Å²) < 4.78 is 47.3. The monoisotopic (exact) mass is 514 g/mol. The van der Waals surface area contributed by atoms with E-state index in [2.05, 4.69) is 18.6 Å². The van der Waals surface area contributed by atoms with Crippen LogP contribution in [0.25, 0.3) is 0 Å². The maximum absolute atomic E-state index is 12.2. The minimum atomic E-state index is -4.76. The van der Waals surface area contributed by atoms with Crippen molar-refractivity contribution in [2.24, 2.45) is 11.8 Å². The molecule has 33 heavy (non-hydrogen) atoms. The van der Waals surface area contributed by atoms with E-state index < -0.39 is 33.7 Å². The molecule has 11 heteroatoms. The number of carbonyl (C=O) groups excluding carboxylic acids is 2. The van der Waals surface area contributed by atoms with Crippen LogP contribution in [0.15, 0.2) is 0 Å². The molecule has 3 unspecified atom stereocenters. The minimum Gasteiger partial charge on any atom is -1.00 e. The molecule has 1 fully saturated rings. The summed E-state index contributed by atoms with van der Waals surface area (Å²) in [6.07, 6.45) is 6.74. The number of ether oxygens (including phenoxy) is 3. The Morgan fingerprint density at radius 2 is 1.33 bits per heavy atom. The van der Waals surface area contributed by atoms with E-state index in [9.17, 15) is 22.6 Å². The normalized spacial score (nSPS) is 14.8. The Morgan fingerprint density at radius 3 is 1.67 bits per heavy atom. The number of hydrogen-bond donors (Lipinski definition) is 1.